The van der Waals surface area contributed by atoms with Crippen molar-refractivity contribution in [3.63, 3.8) is 0 Å². The van der Waals surface area contributed by atoms with Gasteiger partial charge in [0.1, 0.15) is 0 Å². The molecule has 3 atom stereocenters. The molecule has 0 bridgehead atoms. The van der Waals surface area contributed by atoms with Crippen LogP contribution in [0.25, 0.3) is 0 Å². The van der Waals surface area contributed by atoms with Gasteiger partial charge in [-0.3, -0.25) is 0 Å². The topological polar surface area (TPSA) is 30.5 Å². The van der Waals surface area contributed by atoms with E-state index in [1.54, 1.807) is 0 Å². The highest BCUT2D eigenvalue weighted by molar-refractivity contribution is 4.84. The monoisotopic (exact) mass is 229 g/mol. The third kappa shape index (κ3) is 4.04. The van der Waals surface area contributed by atoms with E-state index in [2.05, 4.69) is 19.2 Å². The normalized spacial score (nSPS) is 25.3. The molecule has 0 aliphatic carbocycles. The van der Waals surface area contributed by atoms with Gasteiger partial charge in [0.25, 0.3) is 0 Å². The molecule has 0 aromatic rings. The van der Waals surface area contributed by atoms with Gasteiger partial charge >= 0.3 is 0 Å². The second-order valence-electron chi connectivity index (χ2n) is 4.57. The largest absolute Gasteiger partial charge is 0.381 e. The number of hydrogen-bond donors (Lipinski definition) is 1. The molecule has 0 aromatic heterocycles. The van der Waals surface area contributed by atoms with E-state index in [1.165, 1.54) is 19.3 Å². The molecule has 96 valence electrons. The van der Waals surface area contributed by atoms with Crippen LogP contribution in [0.5, 0.6) is 0 Å². The summed E-state index contributed by atoms with van der Waals surface area (Å²) in [6, 6.07) is 0.445. The van der Waals surface area contributed by atoms with Crippen LogP contribution in [0.4, 0.5) is 0 Å². The molecule has 1 aliphatic rings. The predicted octanol–water partition coefficient (Wildman–Crippen LogP) is 2.21. The molecule has 16 heavy (non-hydrogen) atoms. The summed E-state index contributed by atoms with van der Waals surface area (Å²) in [7, 11) is 2.04. The average molecular weight is 229 g/mol. The Balaban J connectivity index is 2.52. The van der Waals surface area contributed by atoms with Gasteiger partial charge in [-0.15, -0.1) is 0 Å². The predicted molar refractivity (Wildman–Crippen MR) is 66.7 cm³/mol. The van der Waals surface area contributed by atoms with Gasteiger partial charge in [-0.25, -0.2) is 0 Å². The van der Waals surface area contributed by atoms with Crippen LogP contribution in [0.3, 0.4) is 0 Å². The lowest BCUT2D eigenvalue weighted by Gasteiger charge is -2.35. The number of ether oxygens (including phenoxy) is 2. The lowest BCUT2D eigenvalue weighted by atomic mass is 9.88. The molecule has 3 nitrogen and oxygen atoms in total. The van der Waals surface area contributed by atoms with Crippen LogP contribution in [0.15, 0.2) is 0 Å². The second-order valence-corrected chi connectivity index (χ2v) is 4.57. The van der Waals surface area contributed by atoms with E-state index < -0.39 is 0 Å². The zero-order valence-corrected chi connectivity index (χ0v) is 11.0. The third-order valence-electron chi connectivity index (χ3n) is 3.39. The molecule has 0 saturated carbocycles. The molecular formula is C13H27NO2. The molecule has 0 spiro atoms. The summed E-state index contributed by atoms with van der Waals surface area (Å²) in [5.74, 6) is 0.613. The Morgan fingerprint density at radius 1 is 1.44 bits per heavy atom. The van der Waals surface area contributed by atoms with Crippen molar-refractivity contribution in [3.05, 3.63) is 0 Å². The van der Waals surface area contributed by atoms with Crippen LogP contribution in [0.2, 0.25) is 0 Å². The second kappa shape index (κ2) is 8.04. The third-order valence-corrected chi connectivity index (χ3v) is 3.39. The Morgan fingerprint density at radius 3 is 2.75 bits per heavy atom. The first kappa shape index (κ1) is 13.9. The van der Waals surface area contributed by atoms with Crippen LogP contribution in [0, 0.1) is 5.92 Å². The molecule has 0 amide bonds. The molecule has 1 fully saturated rings. The molecule has 3 unspecified atom stereocenters. The van der Waals surface area contributed by atoms with E-state index in [9.17, 15) is 0 Å². The van der Waals surface area contributed by atoms with Gasteiger partial charge in [-0.05, 0) is 33.2 Å². The summed E-state index contributed by atoms with van der Waals surface area (Å²) >= 11 is 0. The fraction of sp³-hybridized carbons (Fsp3) is 1.00. The standard InChI is InChI=1S/C13H27NO2/c1-4-7-12(16-5-2)13(14-3)11-8-6-9-15-10-11/h11-14H,4-10H2,1-3H3. The van der Waals surface area contributed by atoms with Crippen molar-refractivity contribution in [1.82, 2.24) is 5.32 Å². The molecule has 0 aromatic carbocycles. The van der Waals surface area contributed by atoms with Crippen molar-refractivity contribution in [2.75, 3.05) is 26.9 Å². The number of nitrogens with one attached hydrogen (secondary N) is 1. The molecule has 3 heteroatoms. The quantitative estimate of drug-likeness (QED) is 0.726. The van der Waals surface area contributed by atoms with Crippen molar-refractivity contribution in [2.24, 2.45) is 5.92 Å². The van der Waals surface area contributed by atoms with Crippen LogP contribution in [-0.4, -0.2) is 39.0 Å². The van der Waals surface area contributed by atoms with E-state index in [1.807, 2.05) is 7.05 Å². The highest BCUT2D eigenvalue weighted by Gasteiger charge is 2.29. The smallest absolute Gasteiger partial charge is 0.0731 e. The lowest BCUT2D eigenvalue weighted by molar-refractivity contribution is -0.0242. The van der Waals surface area contributed by atoms with Crippen LogP contribution >= 0.6 is 0 Å². The van der Waals surface area contributed by atoms with E-state index in [4.69, 9.17) is 9.47 Å². The first-order valence-electron chi connectivity index (χ1n) is 6.70. The van der Waals surface area contributed by atoms with Crippen LogP contribution in [-0.2, 0) is 9.47 Å². The maximum absolute atomic E-state index is 5.87. The van der Waals surface area contributed by atoms with Crippen molar-refractivity contribution in [1.29, 1.82) is 0 Å². The summed E-state index contributed by atoms with van der Waals surface area (Å²) in [6.45, 7) is 6.91. The van der Waals surface area contributed by atoms with Crippen LogP contribution < -0.4 is 5.32 Å². The van der Waals surface area contributed by atoms with E-state index >= 15 is 0 Å². The lowest BCUT2D eigenvalue weighted by Crippen LogP contribution is -2.47. The number of likely N-dealkylation sites (N-methyl/N-ethyl adjacent to an activating group) is 1. The van der Waals surface area contributed by atoms with Crippen molar-refractivity contribution >= 4 is 0 Å². The first-order valence-corrected chi connectivity index (χ1v) is 6.70. The molecule has 1 saturated heterocycles. The fourth-order valence-electron chi connectivity index (χ4n) is 2.64. The van der Waals surface area contributed by atoms with Gasteiger partial charge in [0.2, 0.25) is 0 Å². The highest BCUT2D eigenvalue weighted by Crippen LogP contribution is 2.22. The molecule has 1 heterocycles. The van der Waals surface area contributed by atoms with Gasteiger partial charge < -0.3 is 14.8 Å². The minimum Gasteiger partial charge on any atom is -0.381 e. The highest BCUT2D eigenvalue weighted by atomic mass is 16.5. The Bertz CT molecular complexity index is 163. The first-order chi connectivity index (χ1) is 7.83. The SMILES string of the molecule is CCCC(OCC)C(NC)C1CCCOC1. The summed E-state index contributed by atoms with van der Waals surface area (Å²) in [6.07, 6.45) is 5.10. The van der Waals surface area contributed by atoms with Gasteiger partial charge in [0, 0.05) is 25.2 Å². The van der Waals surface area contributed by atoms with Gasteiger partial charge in [-0.1, -0.05) is 13.3 Å². The Labute approximate surface area is 99.9 Å². The minimum atomic E-state index is 0.340. The Hall–Kier alpha value is -0.120. The summed E-state index contributed by atoms with van der Waals surface area (Å²) in [5.41, 5.74) is 0. The molecule has 0 radical (unpaired) electrons. The average Bonchev–Trinajstić information content (AvgIpc) is 2.32. The van der Waals surface area contributed by atoms with Gasteiger partial charge in [0.15, 0.2) is 0 Å². The van der Waals surface area contributed by atoms with Crippen molar-refractivity contribution in [3.8, 4) is 0 Å². The summed E-state index contributed by atoms with van der Waals surface area (Å²) in [4.78, 5) is 0. The Morgan fingerprint density at radius 2 is 2.25 bits per heavy atom. The number of hydrogen-bond acceptors (Lipinski definition) is 3. The van der Waals surface area contributed by atoms with Crippen molar-refractivity contribution in [2.45, 2.75) is 51.7 Å². The summed E-state index contributed by atoms with van der Waals surface area (Å²) in [5, 5.41) is 3.44. The molecule has 1 N–H and O–H groups in total. The zero-order chi connectivity index (χ0) is 11.8. The van der Waals surface area contributed by atoms with Gasteiger partial charge in [0.05, 0.1) is 12.7 Å². The van der Waals surface area contributed by atoms with E-state index in [-0.39, 0.29) is 0 Å². The molecular weight excluding hydrogens is 202 g/mol. The van der Waals surface area contributed by atoms with Gasteiger partial charge in [-0.2, -0.15) is 0 Å². The minimum absolute atomic E-state index is 0.340. The van der Waals surface area contributed by atoms with E-state index in [0.717, 1.165) is 26.2 Å². The molecule has 1 aliphatic heterocycles. The zero-order valence-electron chi connectivity index (χ0n) is 11.0. The van der Waals surface area contributed by atoms with Crippen molar-refractivity contribution < 1.29 is 9.47 Å². The Kier molecular flexibility index (Phi) is 7.01. The van der Waals surface area contributed by atoms with E-state index in [0.29, 0.717) is 18.1 Å². The molecule has 1 rings (SSSR count). The van der Waals surface area contributed by atoms with Crippen LogP contribution in [0.1, 0.15) is 39.5 Å². The number of rotatable bonds is 7. The maximum Gasteiger partial charge on any atom is 0.0731 e. The fourth-order valence-corrected chi connectivity index (χ4v) is 2.64. The summed E-state index contributed by atoms with van der Waals surface area (Å²) < 4.78 is 11.4. The maximum atomic E-state index is 5.87.